The third-order valence-electron chi connectivity index (χ3n) is 4.56. The van der Waals surface area contributed by atoms with Gasteiger partial charge < -0.3 is 9.84 Å². The van der Waals surface area contributed by atoms with Crippen LogP contribution >= 0.6 is 12.6 Å². The molecule has 0 aromatic rings. The SMILES string of the molecule is C=CC(=O)O.CCCCCCCCCCCCCCCCCCOC(=O)CS. The van der Waals surface area contributed by atoms with Crippen LogP contribution in [0.2, 0.25) is 0 Å². The molecule has 0 radical (unpaired) electrons. The first-order chi connectivity index (χ1) is 13.6. The number of aliphatic carboxylic acids is 1. The van der Waals surface area contributed by atoms with Crippen LogP contribution in [-0.2, 0) is 14.3 Å². The molecule has 0 aromatic heterocycles. The maximum atomic E-state index is 10.9. The fraction of sp³-hybridized carbons (Fsp3) is 0.826. The molecular formula is C23H44O4S. The number of carboxylic acids is 1. The number of unbranched alkanes of at least 4 members (excludes halogenated alkanes) is 15. The highest BCUT2D eigenvalue weighted by Crippen LogP contribution is 2.13. The average molecular weight is 417 g/mol. The van der Waals surface area contributed by atoms with Gasteiger partial charge in [0.2, 0.25) is 0 Å². The zero-order valence-electron chi connectivity index (χ0n) is 18.1. The molecule has 0 bridgehead atoms. The molecule has 0 aliphatic carbocycles. The third kappa shape index (κ3) is 29.8. The molecule has 5 heteroatoms. The highest BCUT2D eigenvalue weighted by atomic mass is 32.1. The number of carboxylic acid groups (broad SMARTS) is 1. The van der Waals surface area contributed by atoms with Crippen LogP contribution in [0.3, 0.4) is 0 Å². The van der Waals surface area contributed by atoms with Crippen molar-refractivity contribution in [3.05, 3.63) is 12.7 Å². The van der Waals surface area contributed by atoms with E-state index in [9.17, 15) is 9.59 Å². The van der Waals surface area contributed by atoms with E-state index >= 15 is 0 Å². The maximum absolute atomic E-state index is 10.9. The Morgan fingerprint density at radius 2 is 1.11 bits per heavy atom. The number of rotatable bonds is 19. The topological polar surface area (TPSA) is 63.6 Å². The van der Waals surface area contributed by atoms with Crippen LogP contribution in [0.15, 0.2) is 12.7 Å². The summed E-state index contributed by atoms with van der Waals surface area (Å²) in [4.78, 5) is 20.1. The molecular weight excluding hydrogens is 372 g/mol. The zero-order chi connectivity index (χ0) is 21.3. The predicted octanol–water partition coefficient (Wildman–Crippen LogP) is 6.98. The number of carbonyl (C=O) groups excluding carboxylic acids is 1. The zero-order valence-corrected chi connectivity index (χ0v) is 19.0. The molecule has 0 saturated heterocycles. The first kappa shape index (κ1) is 29.2. The van der Waals surface area contributed by atoms with Crippen molar-refractivity contribution in [3.8, 4) is 0 Å². The summed E-state index contributed by atoms with van der Waals surface area (Å²) in [6.07, 6.45) is 22.6. The van der Waals surface area contributed by atoms with Gasteiger partial charge >= 0.3 is 11.9 Å². The molecule has 0 spiro atoms. The van der Waals surface area contributed by atoms with Gasteiger partial charge in [-0.05, 0) is 6.42 Å². The lowest BCUT2D eigenvalue weighted by atomic mass is 10.0. The molecule has 0 rings (SSSR count). The number of carbonyl (C=O) groups is 2. The van der Waals surface area contributed by atoms with Crippen molar-refractivity contribution in [1.29, 1.82) is 0 Å². The van der Waals surface area contributed by atoms with E-state index in [1.165, 1.54) is 96.3 Å². The second kappa shape index (κ2) is 26.0. The Kier molecular flexibility index (Phi) is 27.2. The van der Waals surface area contributed by atoms with Crippen molar-refractivity contribution >= 4 is 24.6 Å². The average Bonchev–Trinajstić information content (AvgIpc) is 2.70. The molecule has 0 aromatic carbocycles. The highest BCUT2D eigenvalue weighted by molar-refractivity contribution is 7.81. The quantitative estimate of drug-likeness (QED) is 0.103. The molecule has 0 aliphatic rings. The van der Waals surface area contributed by atoms with Crippen molar-refractivity contribution in [1.82, 2.24) is 0 Å². The summed E-state index contributed by atoms with van der Waals surface area (Å²) < 4.78 is 4.99. The summed E-state index contributed by atoms with van der Waals surface area (Å²) in [5.41, 5.74) is 0. The summed E-state index contributed by atoms with van der Waals surface area (Å²) in [6, 6.07) is 0. The van der Waals surface area contributed by atoms with Crippen LogP contribution < -0.4 is 0 Å². The largest absolute Gasteiger partial charge is 0.478 e. The first-order valence-electron chi connectivity index (χ1n) is 11.2. The van der Waals surface area contributed by atoms with E-state index in [1.807, 2.05) is 0 Å². The Bertz CT molecular complexity index is 359. The molecule has 0 saturated carbocycles. The Morgan fingerprint density at radius 3 is 1.39 bits per heavy atom. The summed E-state index contributed by atoms with van der Waals surface area (Å²) in [5, 5.41) is 7.60. The van der Waals surface area contributed by atoms with Crippen LogP contribution in [0.5, 0.6) is 0 Å². The van der Waals surface area contributed by atoms with Gasteiger partial charge in [-0.3, -0.25) is 4.79 Å². The van der Waals surface area contributed by atoms with E-state index in [2.05, 4.69) is 26.1 Å². The summed E-state index contributed by atoms with van der Waals surface area (Å²) in [6.45, 7) is 5.81. The van der Waals surface area contributed by atoms with Crippen molar-refractivity contribution < 1.29 is 19.4 Å². The van der Waals surface area contributed by atoms with E-state index in [0.29, 0.717) is 6.61 Å². The Balaban J connectivity index is 0. The smallest absolute Gasteiger partial charge is 0.327 e. The summed E-state index contributed by atoms with van der Waals surface area (Å²) in [7, 11) is 0. The van der Waals surface area contributed by atoms with Crippen LogP contribution in [0.1, 0.15) is 110 Å². The number of hydrogen-bond donors (Lipinski definition) is 2. The van der Waals surface area contributed by atoms with Gasteiger partial charge in [0.25, 0.3) is 0 Å². The number of thiol groups is 1. The van der Waals surface area contributed by atoms with E-state index in [0.717, 1.165) is 12.5 Å². The number of hydrogen-bond acceptors (Lipinski definition) is 4. The van der Waals surface area contributed by atoms with Gasteiger partial charge in [-0.1, -0.05) is 110 Å². The van der Waals surface area contributed by atoms with Crippen LogP contribution in [0, 0.1) is 0 Å². The summed E-state index contributed by atoms with van der Waals surface area (Å²) in [5.74, 6) is -0.988. The predicted molar refractivity (Wildman–Crippen MR) is 122 cm³/mol. The molecule has 0 heterocycles. The van der Waals surface area contributed by atoms with E-state index in [4.69, 9.17) is 9.84 Å². The minimum atomic E-state index is -0.981. The highest BCUT2D eigenvalue weighted by Gasteiger charge is 1.98. The lowest BCUT2D eigenvalue weighted by Gasteiger charge is -2.04. The van der Waals surface area contributed by atoms with Crippen LogP contribution in [0.4, 0.5) is 0 Å². The summed E-state index contributed by atoms with van der Waals surface area (Å²) >= 11 is 3.88. The molecule has 0 unspecified atom stereocenters. The van der Waals surface area contributed by atoms with Gasteiger partial charge in [0, 0.05) is 6.08 Å². The van der Waals surface area contributed by atoms with E-state index in [-0.39, 0.29) is 11.7 Å². The first-order valence-corrected chi connectivity index (χ1v) is 11.8. The number of ether oxygens (including phenoxy) is 1. The minimum Gasteiger partial charge on any atom is -0.478 e. The van der Waals surface area contributed by atoms with Gasteiger partial charge in [-0.2, -0.15) is 12.6 Å². The lowest BCUT2D eigenvalue weighted by Crippen LogP contribution is -2.06. The van der Waals surface area contributed by atoms with Crippen molar-refractivity contribution in [2.45, 2.75) is 110 Å². The Morgan fingerprint density at radius 1 is 0.786 bits per heavy atom. The Hall–Kier alpha value is -0.970. The van der Waals surface area contributed by atoms with Gasteiger partial charge in [0.05, 0.1) is 12.4 Å². The van der Waals surface area contributed by atoms with Gasteiger partial charge in [-0.25, -0.2) is 4.79 Å². The second-order valence-corrected chi connectivity index (χ2v) is 7.54. The second-order valence-electron chi connectivity index (χ2n) is 7.22. The van der Waals surface area contributed by atoms with Gasteiger partial charge in [0.1, 0.15) is 0 Å². The maximum Gasteiger partial charge on any atom is 0.327 e. The molecule has 28 heavy (non-hydrogen) atoms. The lowest BCUT2D eigenvalue weighted by molar-refractivity contribution is -0.140. The van der Waals surface area contributed by atoms with E-state index < -0.39 is 5.97 Å². The molecule has 0 fully saturated rings. The molecule has 0 aliphatic heterocycles. The van der Waals surface area contributed by atoms with E-state index in [1.54, 1.807) is 0 Å². The van der Waals surface area contributed by atoms with Crippen LogP contribution in [-0.4, -0.2) is 29.4 Å². The molecule has 0 amide bonds. The molecule has 0 atom stereocenters. The fourth-order valence-electron chi connectivity index (χ4n) is 2.88. The Labute approximate surface area is 178 Å². The molecule has 166 valence electrons. The van der Waals surface area contributed by atoms with Crippen molar-refractivity contribution in [2.75, 3.05) is 12.4 Å². The van der Waals surface area contributed by atoms with Crippen LogP contribution in [0.25, 0.3) is 0 Å². The fourth-order valence-corrected chi connectivity index (χ4v) is 2.97. The third-order valence-corrected chi connectivity index (χ3v) is 4.82. The van der Waals surface area contributed by atoms with Crippen molar-refractivity contribution in [2.24, 2.45) is 0 Å². The molecule has 4 nitrogen and oxygen atoms in total. The van der Waals surface area contributed by atoms with Gasteiger partial charge in [-0.15, -0.1) is 0 Å². The molecule has 1 N–H and O–H groups in total. The normalized spacial score (nSPS) is 10.1. The minimum absolute atomic E-state index is 0.193. The standard InChI is InChI=1S/C20H40O2S.C3H4O2/c1-2-3-4-5-6-7-8-9-10-11-12-13-14-15-16-17-18-22-20(21)19-23;1-2-3(4)5/h23H,2-19H2,1H3;2H,1H2,(H,4,5). The number of esters is 1. The monoisotopic (exact) mass is 416 g/mol. The van der Waals surface area contributed by atoms with Crippen molar-refractivity contribution in [3.63, 3.8) is 0 Å². The van der Waals surface area contributed by atoms with Gasteiger partial charge in [0.15, 0.2) is 0 Å².